The fourth-order valence-corrected chi connectivity index (χ4v) is 1.16. The summed E-state index contributed by atoms with van der Waals surface area (Å²) in [6, 6.07) is 16.6. The van der Waals surface area contributed by atoms with E-state index in [1.54, 1.807) is 60.7 Å². The average Bonchev–Trinajstić information content (AvgIpc) is 2.50. The number of hydrogen-bond acceptors (Lipinski definition) is 2. The van der Waals surface area contributed by atoms with Gasteiger partial charge in [-0.1, -0.05) is 36.4 Å². The third kappa shape index (κ3) is 9.67. The van der Waals surface area contributed by atoms with Crippen molar-refractivity contribution < 1.29 is 19.8 Å². The SMILES string of the molecule is O=C(O)c1ccccc1.O=C(O)c1ccccc1.[CH3][Sn][CH3]. The second kappa shape index (κ2) is 12.0. The Kier molecular flexibility index (Phi) is 10.9. The molecule has 0 atom stereocenters. The molecule has 0 saturated heterocycles. The van der Waals surface area contributed by atoms with Gasteiger partial charge in [0.2, 0.25) is 0 Å². The third-order valence-electron chi connectivity index (χ3n) is 2.04. The van der Waals surface area contributed by atoms with Crippen molar-refractivity contribution >= 4 is 33.1 Å². The summed E-state index contributed by atoms with van der Waals surface area (Å²) in [6.07, 6.45) is 0. The molecule has 0 aliphatic rings. The molecule has 2 rings (SSSR count). The molecular formula is C16H18O4Sn. The minimum absolute atomic E-state index is 0.230. The van der Waals surface area contributed by atoms with Crippen molar-refractivity contribution in [1.82, 2.24) is 0 Å². The molecule has 0 spiro atoms. The minimum atomic E-state index is -0.879. The number of rotatable bonds is 2. The van der Waals surface area contributed by atoms with E-state index in [1.807, 2.05) is 0 Å². The van der Waals surface area contributed by atoms with Gasteiger partial charge < -0.3 is 10.2 Å². The van der Waals surface area contributed by atoms with Gasteiger partial charge >= 0.3 is 43.0 Å². The Morgan fingerprint density at radius 2 is 0.952 bits per heavy atom. The van der Waals surface area contributed by atoms with Crippen molar-refractivity contribution in [2.45, 2.75) is 9.88 Å². The van der Waals surface area contributed by atoms with Crippen molar-refractivity contribution in [2.75, 3.05) is 0 Å². The van der Waals surface area contributed by atoms with Gasteiger partial charge in [-0.05, 0) is 24.3 Å². The zero-order valence-electron chi connectivity index (χ0n) is 12.0. The first-order chi connectivity index (χ1) is 10.0. The monoisotopic (exact) mass is 394 g/mol. The molecule has 2 aromatic carbocycles. The molecule has 5 heteroatoms. The van der Waals surface area contributed by atoms with Crippen LogP contribution in [0.5, 0.6) is 0 Å². The van der Waals surface area contributed by atoms with Crippen LogP contribution in [-0.4, -0.2) is 43.3 Å². The molecule has 0 aliphatic heterocycles. The molecule has 0 saturated carbocycles. The summed E-state index contributed by atoms with van der Waals surface area (Å²) in [7, 11) is 0. The number of aromatic carboxylic acids is 2. The molecule has 0 aromatic heterocycles. The van der Waals surface area contributed by atoms with Gasteiger partial charge in [0, 0.05) is 0 Å². The van der Waals surface area contributed by atoms with Gasteiger partial charge in [-0.3, -0.25) is 0 Å². The molecule has 2 N–H and O–H groups in total. The number of hydrogen-bond donors (Lipinski definition) is 2. The number of carboxylic acid groups (broad SMARTS) is 2. The summed E-state index contributed by atoms with van der Waals surface area (Å²) in [6.45, 7) is 0. The van der Waals surface area contributed by atoms with Gasteiger partial charge in [0.1, 0.15) is 0 Å². The summed E-state index contributed by atoms with van der Waals surface area (Å²) in [5.41, 5.74) is 0.662. The molecule has 0 fully saturated rings. The van der Waals surface area contributed by atoms with Crippen LogP contribution in [0, 0.1) is 0 Å². The van der Waals surface area contributed by atoms with Crippen molar-refractivity contribution in [2.24, 2.45) is 0 Å². The third-order valence-corrected chi connectivity index (χ3v) is 2.04. The Morgan fingerprint density at radius 3 is 1.10 bits per heavy atom. The molecule has 4 nitrogen and oxygen atoms in total. The first kappa shape index (κ1) is 19.2. The van der Waals surface area contributed by atoms with E-state index < -0.39 is 11.9 Å². The van der Waals surface area contributed by atoms with Crippen LogP contribution in [0.25, 0.3) is 0 Å². The van der Waals surface area contributed by atoms with E-state index in [0.717, 1.165) is 0 Å². The maximum atomic E-state index is 10.2. The number of carbonyl (C=O) groups is 2. The maximum absolute atomic E-state index is 10.2. The zero-order chi connectivity index (χ0) is 16.1. The van der Waals surface area contributed by atoms with Crippen LogP contribution in [0.15, 0.2) is 60.7 Å². The van der Waals surface area contributed by atoms with Crippen LogP contribution in [0.2, 0.25) is 9.88 Å². The van der Waals surface area contributed by atoms with Crippen molar-refractivity contribution in [1.29, 1.82) is 0 Å². The summed E-state index contributed by atoms with van der Waals surface area (Å²) in [5, 5.41) is 16.8. The fraction of sp³-hybridized carbons (Fsp3) is 0.125. The van der Waals surface area contributed by atoms with E-state index in [0.29, 0.717) is 11.1 Å². The van der Waals surface area contributed by atoms with Crippen LogP contribution in [0.3, 0.4) is 0 Å². The van der Waals surface area contributed by atoms with Gasteiger partial charge in [-0.2, -0.15) is 0 Å². The van der Waals surface area contributed by atoms with E-state index in [-0.39, 0.29) is 21.1 Å². The Morgan fingerprint density at radius 1 is 0.714 bits per heavy atom. The summed E-state index contributed by atoms with van der Waals surface area (Å²) >= 11 is 0.230. The predicted octanol–water partition coefficient (Wildman–Crippen LogP) is 3.56. The molecular weight excluding hydrogens is 375 g/mol. The molecule has 0 heterocycles. The number of carboxylic acids is 2. The topological polar surface area (TPSA) is 74.6 Å². The van der Waals surface area contributed by atoms with Gasteiger partial charge in [0.25, 0.3) is 0 Å². The van der Waals surface area contributed by atoms with E-state index in [4.69, 9.17) is 10.2 Å². The van der Waals surface area contributed by atoms with E-state index in [2.05, 4.69) is 9.88 Å². The predicted molar refractivity (Wildman–Crippen MR) is 84.3 cm³/mol. The van der Waals surface area contributed by atoms with Crippen molar-refractivity contribution in [3.05, 3.63) is 71.8 Å². The second-order valence-corrected chi connectivity index (χ2v) is 6.70. The molecule has 0 amide bonds. The quantitative estimate of drug-likeness (QED) is 0.766. The molecule has 21 heavy (non-hydrogen) atoms. The van der Waals surface area contributed by atoms with E-state index in [1.165, 1.54) is 0 Å². The Labute approximate surface area is 134 Å². The molecule has 0 bridgehead atoms. The second-order valence-electron chi connectivity index (χ2n) is 3.84. The van der Waals surface area contributed by atoms with Gasteiger partial charge in [-0.25, -0.2) is 9.59 Å². The normalized spacial score (nSPS) is 8.48. The van der Waals surface area contributed by atoms with E-state index >= 15 is 0 Å². The van der Waals surface area contributed by atoms with Crippen LogP contribution < -0.4 is 0 Å². The standard InChI is InChI=1S/2C7H6O2.2CH3.Sn/c2*8-7(9)6-4-2-1-3-5-6;;;/h2*1-5H,(H,8,9);2*1H3;. The van der Waals surface area contributed by atoms with Gasteiger partial charge in [0.05, 0.1) is 11.1 Å². The van der Waals surface area contributed by atoms with Crippen LogP contribution >= 0.6 is 0 Å². The van der Waals surface area contributed by atoms with Crippen LogP contribution in [0.4, 0.5) is 0 Å². The van der Waals surface area contributed by atoms with Crippen LogP contribution in [-0.2, 0) is 0 Å². The van der Waals surface area contributed by atoms with Gasteiger partial charge in [-0.15, -0.1) is 0 Å². The first-order valence-electron chi connectivity index (χ1n) is 6.18. The van der Waals surface area contributed by atoms with Crippen LogP contribution in [0.1, 0.15) is 20.7 Å². The fourth-order valence-electron chi connectivity index (χ4n) is 1.16. The molecule has 2 radical (unpaired) electrons. The summed E-state index contributed by atoms with van der Waals surface area (Å²) in [5.74, 6) is -1.76. The number of benzene rings is 2. The van der Waals surface area contributed by atoms with Crippen molar-refractivity contribution in [3.8, 4) is 0 Å². The summed E-state index contributed by atoms with van der Waals surface area (Å²) in [4.78, 5) is 25.0. The molecule has 0 unspecified atom stereocenters. The Balaban J connectivity index is 0.000000322. The molecule has 0 aliphatic carbocycles. The molecule has 110 valence electrons. The Bertz CT molecular complexity index is 477. The van der Waals surface area contributed by atoms with Crippen molar-refractivity contribution in [3.63, 3.8) is 0 Å². The molecule has 2 aromatic rings. The zero-order valence-corrected chi connectivity index (χ0v) is 14.8. The van der Waals surface area contributed by atoms with E-state index in [9.17, 15) is 9.59 Å². The Hall–Kier alpha value is -1.82. The van der Waals surface area contributed by atoms with Gasteiger partial charge in [0.15, 0.2) is 0 Å². The summed E-state index contributed by atoms with van der Waals surface area (Å²) < 4.78 is 0. The average molecular weight is 393 g/mol. The first-order valence-corrected chi connectivity index (χ1v) is 11.9.